The van der Waals surface area contributed by atoms with Crippen LogP contribution in [0, 0.1) is 0 Å². The minimum absolute atomic E-state index is 0.117. The first-order chi connectivity index (χ1) is 11.7. The Bertz CT molecular complexity index is 694. The molecule has 2 aromatic rings. The highest BCUT2D eigenvalue weighted by Crippen LogP contribution is 2.06. The van der Waals surface area contributed by atoms with E-state index in [2.05, 4.69) is 10.6 Å². The molecule has 5 nitrogen and oxygen atoms in total. The second-order valence-electron chi connectivity index (χ2n) is 5.05. The largest absolute Gasteiger partial charge is 0.445 e. The van der Waals surface area contributed by atoms with Crippen molar-refractivity contribution in [1.82, 2.24) is 10.6 Å². The molecule has 0 aromatic heterocycles. The van der Waals surface area contributed by atoms with Gasteiger partial charge in [-0.05, 0) is 23.3 Å². The highest BCUT2D eigenvalue weighted by Gasteiger charge is 2.01. The second-order valence-corrected chi connectivity index (χ2v) is 5.05. The van der Waals surface area contributed by atoms with Crippen LogP contribution in [0.5, 0.6) is 0 Å². The van der Waals surface area contributed by atoms with E-state index in [1.165, 1.54) is 0 Å². The number of nitrogens with one attached hydrogen (secondary N) is 2. The van der Waals surface area contributed by atoms with E-state index >= 15 is 0 Å². The Balaban J connectivity index is 1.72. The molecule has 0 saturated heterocycles. The Kier molecular flexibility index (Phi) is 6.58. The lowest BCUT2D eigenvalue weighted by Gasteiger charge is -2.05. The van der Waals surface area contributed by atoms with E-state index in [-0.39, 0.29) is 12.5 Å². The maximum atomic E-state index is 11.6. The van der Waals surface area contributed by atoms with Crippen LogP contribution in [0.25, 0.3) is 6.08 Å². The fourth-order valence-electron chi connectivity index (χ4n) is 2.00. The van der Waals surface area contributed by atoms with E-state index in [0.29, 0.717) is 12.1 Å². The first-order valence-corrected chi connectivity index (χ1v) is 7.62. The Morgan fingerprint density at radius 1 is 1.04 bits per heavy atom. The maximum Gasteiger partial charge on any atom is 0.407 e. The summed E-state index contributed by atoms with van der Waals surface area (Å²) in [6.07, 6.45) is 3.22. The SMILES string of the molecule is CNC(=O)c1ccc(C=CCNC(=O)OCc2ccccc2)cc1. The summed E-state index contributed by atoms with van der Waals surface area (Å²) in [7, 11) is 1.60. The smallest absolute Gasteiger partial charge is 0.407 e. The van der Waals surface area contributed by atoms with Crippen molar-refractivity contribution in [3.8, 4) is 0 Å². The summed E-state index contributed by atoms with van der Waals surface area (Å²) in [6.45, 7) is 0.613. The molecular formula is C19H20N2O3. The maximum absolute atomic E-state index is 11.6. The van der Waals surface area contributed by atoms with Gasteiger partial charge in [0.1, 0.15) is 6.61 Å². The van der Waals surface area contributed by atoms with Crippen LogP contribution in [-0.4, -0.2) is 25.6 Å². The summed E-state index contributed by atoms with van der Waals surface area (Å²) < 4.78 is 5.11. The van der Waals surface area contributed by atoms with E-state index in [9.17, 15) is 9.59 Å². The van der Waals surface area contributed by atoms with Crippen LogP contribution in [0.2, 0.25) is 0 Å². The average molecular weight is 324 g/mol. The highest BCUT2D eigenvalue weighted by atomic mass is 16.5. The van der Waals surface area contributed by atoms with Crippen molar-refractivity contribution in [3.05, 3.63) is 77.4 Å². The zero-order chi connectivity index (χ0) is 17.2. The molecule has 0 aliphatic carbocycles. The van der Waals surface area contributed by atoms with Crippen LogP contribution in [0.1, 0.15) is 21.5 Å². The number of rotatable bonds is 6. The zero-order valence-corrected chi connectivity index (χ0v) is 13.5. The van der Waals surface area contributed by atoms with Gasteiger partial charge in [-0.15, -0.1) is 0 Å². The number of ether oxygens (including phenoxy) is 1. The molecule has 0 aliphatic heterocycles. The molecule has 2 rings (SSSR count). The Morgan fingerprint density at radius 2 is 1.75 bits per heavy atom. The predicted octanol–water partition coefficient (Wildman–Crippen LogP) is 2.99. The molecule has 24 heavy (non-hydrogen) atoms. The summed E-state index contributed by atoms with van der Waals surface area (Å²) in [4.78, 5) is 23.0. The van der Waals surface area contributed by atoms with Crippen molar-refractivity contribution in [2.24, 2.45) is 0 Å². The number of carbonyl (C=O) groups is 2. The van der Waals surface area contributed by atoms with E-state index in [1.54, 1.807) is 19.2 Å². The van der Waals surface area contributed by atoms with Crippen LogP contribution in [-0.2, 0) is 11.3 Å². The third kappa shape index (κ3) is 5.61. The summed E-state index contributed by atoms with van der Waals surface area (Å²) in [5.41, 5.74) is 2.50. The average Bonchev–Trinajstić information content (AvgIpc) is 2.64. The molecule has 0 bridgehead atoms. The quantitative estimate of drug-likeness (QED) is 0.858. The van der Waals surface area contributed by atoms with Gasteiger partial charge in [0.05, 0.1) is 0 Å². The summed E-state index contributed by atoms with van der Waals surface area (Å²) in [6, 6.07) is 16.7. The van der Waals surface area contributed by atoms with Crippen molar-refractivity contribution in [3.63, 3.8) is 0 Å². The van der Waals surface area contributed by atoms with Crippen molar-refractivity contribution < 1.29 is 14.3 Å². The number of alkyl carbamates (subject to hydrolysis) is 1. The number of amides is 2. The van der Waals surface area contributed by atoms with Gasteiger partial charge in [-0.2, -0.15) is 0 Å². The second kappa shape index (κ2) is 9.15. The first kappa shape index (κ1) is 17.3. The third-order valence-corrected chi connectivity index (χ3v) is 3.29. The molecule has 2 aromatic carbocycles. The third-order valence-electron chi connectivity index (χ3n) is 3.29. The highest BCUT2D eigenvalue weighted by molar-refractivity contribution is 5.94. The zero-order valence-electron chi connectivity index (χ0n) is 13.5. The van der Waals surface area contributed by atoms with Gasteiger partial charge in [-0.25, -0.2) is 4.79 Å². The lowest BCUT2D eigenvalue weighted by molar-refractivity contribution is 0.0963. The molecule has 5 heteroatoms. The van der Waals surface area contributed by atoms with Gasteiger partial charge >= 0.3 is 6.09 Å². The Morgan fingerprint density at radius 3 is 2.42 bits per heavy atom. The molecule has 0 saturated carbocycles. The standard InChI is InChI=1S/C19H20N2O3/c1-20-18(22)17-11-9-15(10-12-17)8-5-13-21-19(23)24-14-16-6-3-2-4-7-16/h2-12H,13-14H2,1H3,(H,20,22)(H,21,23). The first-order valence-electron chi connectivity index (χ1n) is 7.62. The normalized spacial score (nSPS) is 10.4. The summed E-state index contributed by atoms with van der Waals surface area (Å²) in [5, 5.41) is 5.22. The number of benzene rings is 2. The molecule has 0 spiro atoms. The number of carbonyl (C=O) groups excluding carboxylic acids is 2. The van der Waals surface area contributed by atoms with Gasteiger partial charge < -0.3 is 15.4 Å². The van der Waals surface area contributed by atoms with E-state index in [4.69, 9.17) is 4.74 Å². The minimum Gasteiger partial charge on any atom is -0.445 e. The molecule has 0 heterocycles. The number of hydrogen-bond donors (Lipinski definition) is 2. The topological polar surface area (TPSA) is 67.4 Å². The van der Waals surface area contributed by atoms with Crippen molar-refractivity contribution >= 4 is 18.1 Å². The minimum atomic E-state index is -0.460. The monoisotopic (exact) mass is 324 g/mol. The summed E-state index contributed by atoms with van der Waals surface area (Å²) in [5.74, 6) is -0.117. The fraction of sp³-hybridized carbons (Fsp3) is 0.158. The van der Waals surface area contributed by atoms with E-state index in [0.717, 1.165) is 11.1 Å². The van der Waals surface area contributed by atoms with Gasteiger partial charge in [0.15, 0.2) is 0 Å². The Labute approximate surface area is 141 Å². The van der Waals surface area contributed by atoms with Crippen LogP contribution in [0.3, 0.4) is 0 Å². The molecule has 124 valence electrons. The lowest BCUT2D eigenvalue weighted by Crippen LogP contribution is -2.24. The van der Waals surface area contributed by atoms with E-state index in [1.807, 2.05) is 54.6 Å². The summed E-state index contributed by atoms with van der Waals surface area (Å²) >= 11 is 0. The molecule has 2 N–H and O–H groups in total. The van der Waals surface area contributed by atoms with Crippen LogP contribution in [0.4, 0.5) is 4.79 Å². The van der Waals surface area contributed by atoms with E-state index < -0.39 is 6.09 Å². The lowest BCUT2D eigenvalue weighted by atomic mass is 10.1. The van der Waals surface area contributed by atoms with Gasteiger partial charge in [0, 0.05) is 19.2 Å². The molecule has 0 fully saturated rings. The number of hydrogen-bond acceptors (Lipinski definition) is 3. The fourth-order valence-corrected chi connectivity index (χ4v) is 2.00. The van der Waals surface area contributed by atoms with Crippen LogP contribution < -0.4 is 10.6 Å². The molecular weight excluding hydrogens is 304 g/mol. The molecule has 2 amide bonds. The Hall–Kier alpha value is -3.08. The molecule has 0 aliphatic rings. The molecule has 0 radical (unpaired) electrons. The van der Waals surface area contributed by atoms with Crippen LogP contribution in [0.15, 0.2) is 60.7 Å². The molecule has 0 atom stereocenters. The van der Waals surface area contributed by atoms with Crippen molar-refractivity contribution in [1.29, 1.82) is 0 Å². The van der Waals surface area contributed by atoms with Gasteiger partial charge in [-0.3, -0.25) is 4.79 Å². The van der Waals surface area contributed by atoms with Crippen molar-refractivity contribution in [2.75, 3.05) is 13.6 Å². The molecule has 0 unspecified atom stereocenters. The van der Waals surface area contributed by atoms with Crippen LogP contribution >= 0.6 is 0 Å². The van der Waals surface area contributed by atoms with Gasteiger partial charge in [0.2, 0.25) is 0 Å². The van der Waals surface area contributed by atoms with Gasteiger partial charge in [-0.1, -0.05) is 54.6 Å². The van der Waals surface area contributed by atoms with Gasteiger partial charge in [0.25, 0.3) is 5.91 Å². The van der Waals surface area contributed by atoms with Crippen molar-refractivity contribution in [2.45, 2.75) is 6.61 Å². The predicted molar refractivity (Wildman–Crippen MR) is 93.5 cm³/mol.